The van der Waals surface area contributed by atoms with E-state index >= 15 is 0 Å². The molecule has 0 aromatic heterocycles. The van der Waals surface area contributed by atoms with Gasteiger partial charge in [-0.25, -0.2) is 0 Å². The smallest absolute Gasteiger partial charge is 0.119 e. The summed E-state index contributed by atoms with van der Waals surface area (Å²) < 4.78 is 5.57. The summed E-state index contributed by atoms with van der Waals surface area (Å²) >= 11 is 5.10. The molecule has 110 valence electrons. The number of hydrogen-bond acceptors (Lipinski definition) is 3. The number of aryl methyl sites for hydroxylation is 1. The monoisotopic (exact) mass is 300 g/mol. The van der Waals surface area contributed by atoms with Crippen molar-refractivity contribution < 1.29 is 4.74 Å². The van der Waals surface area contributed by atoms with Gasteiger partial charge >= 0.3 is 0 Å². The third-order valence-corrected chi connectivity index (χ3v) is 3.27. The first-order valence-electron chi connectivity index (χ1n) is 7.00. The van der Waals surface area contributed by atoms with Gasteiger partial charge in [-0.2, -0.15) is 0 Å². The van der Waals surface area contributed by atoms with E-state index in [2.05, 4.69) is 12.2 Å². The molecule has 3 N–H and O–H groups in total. The van der Waals surface area contributed by atoms with Crippen molar-refractivity contribution in [1.29, 1.82) is 0 Å². The fraction of sp³-hybridized carbons (Fsp3) is 0.235. The van der Waals surface area contributed by atoms with Crippen molar-refractivity contribution in [2.45, 2.75) is 20.3 Å². The van der Waals surface area contributed by atoms with Crippen LogP contribution in [0.2, 0.25) is 0 Å². The molecule has 21 heavy (non-hydrogen) atoms. The lowest BCUT2D eigenvalue weighted by Gasteiger charge is -2.13. The number of anilines is 2. The minimum atomic E-state index is 0.389. The molecule has 0 spiro atoms. The van der Waals surface area contributed by atoms with Gasteiger partial charge in [-0.15, -0.1) is 0 Å². The lowest BCUT2D eigenvalue weighted by Crippen LogP contribution is -2.12. The van der Waals surface area contributed by atoms with Gasteiger partial charge in [0.05, 0.1) is 6.61 Å². The lowest BCUT2D eigenvalue weighted by atomic mass is 10.1. The second kappa shape index (κ2) is 7.09. The highest BCUT2D eigenvalue weighted by Gasteiger charge is 2.06. The molecular weight excluding hydrogens is 280 g/mol. The van der Waals surface area contributed by atoms with E-state index in [4.69, 9.17) is 22.7 Å². The van der Waals surface area contributed by atoms with Crippen molar-refractivity contribution in [3.8, 4) is 5.75 Å². The van der Waals surface area contributed by atoms with Gasteiger partial charge < -0.3 is 15.8 Å². The van der Waals surface area contributed by atoms with E-state index in [0.717, 1.165) is 41.3 Å². The van der Waals surface area contributed by atoms with E-state index < -0.39 is 0 Å². The lowest BCUT2D eigenvalue weighted by molar-refractivity contribution is 0.317. The highest BCUT2D eigenvalue weighted by Crippen LogP contribution is 2.24. The fourth-order valence-electron chi connectivity index (χ4n) is 1.99. The zero-order valence-corrected chi connectivity index (χ0v) is 13.2. The molecule has 0 radical (unpaired) electrons. The van der Waals surface area contributed by atoms with Gasteiger partial charge in [0.15, 0.2) is 0 Å². The normalized spacial score (nSPS) is 10.2. The molecule has 0 atom stereocenters. The van der Waals surface area contributed by atoms with Crippen LogP contribution in [0.1, 0.15) is 24.5 Å². The molecular formula is C17H20N2OS. The van der Waals surface area contributed by atoms with Gasteiger partial charge in [0.2, 0.25) is 0 Å². The Bertz CT molecular complexity index is 623. The summed E-state index contributed by atoms with van der Waals surface area (Å²) in [6.45, 7) is 4.86. The third-order valence-electron chi connectivity index (χ3n) is 3.05. The van der Waals surface area contributed by atoms with Gasteiger partial charge in [0.1, 0.15) is 10.7 Å². The standard InChI is InChI=1S/C17H20N2OS/c1-3-10-20-14-7-5-13(6-8-14)19-16-11-12(2)4-9-15(16)17(18)21/h4-9,11,19H,3,10H2,1-2H3,(H2,18,21). The summed E-state index contributed by atoms with van der Waals surface area (Å²) in [5, 5.41) is 3.35. The Balaban J connectivity index is 2.18. The van der Waals surface area contributed by atoms with Crippen LogP contribution in [0.15, 0.2) is 42.5 Å². The first-order chi connectivity index (χ1) is 10.1. The van der Waals surface area contributed by atoms with Crippen LogP contribution in [0.25, 0.3) is 0 Å². The molecule has 0 fully saturated rings. The molecule has 3 nitrogen and oxygen atoms in total. The molecule has 0 unspecified atom stereocenters. The van der Waals surface area contributed by atoms with Gasteiger partial charge in [-0.1, -0.05) is 25.2 Å². The maximum atomic E-state index is 5.77. The van der Waals surface area contributed by atoms with Crippen molar-refractivity contribution in [3.05, 3.63) is 53.6 Å². The molecule has 0 heterocycles. The van der Waals surface area contributed by atoms with Crippen LogP contribution in [0, 0.1) is 6.92 Å². The summed E-state index contributed by atoms with van der Waals surface area (Å²) in [4.78, 5) is 0.389. The Kier molecular flexibility index (Phi) is 5.17. The van der Waals surface area contributed by atoms with Crippen molar-refractivity contribution in [3.63, 3.8) is 0 Å². The van der Waals surface area contributed by atoms with E-state index in [1.165, 1.54) is 0 Å². The molecule has 2 rings (SSSR count). The first-order valence-corrected chi connectivity index (χ1v) is 7.41. The van der Waals surface area contributed by atoms with Crippen LogP contribution in [-0.4, -0.2) is 11.6 Å². The average molecular weight is 300 g/mol. The van der Waals surface area contributed by atoms with Gasteiger partial charge in [0.25, 0.3) is 0 Å². The summed E-state index contributed by atoms with van der Waals surface area (Å²) in [6, 6.07) is 13.9. The van der Waals surface area contributed by atoms with E-state index in [1.807, 2.05) is 49.4 Å². The highest BCUT2D eigenvalue weighted by atomic mass is 32.1. The van der Waals surface area contributed by atoms with Crippen LogP contribution >= 0.6 is 12.2 Å². The molecule has 0 aliphatic carbocycles. The van der Waals surface area contributed by atoms with E-state index in [0.29, 0.717) is 4.99 Å². The van der Waals surface area contributed by atoms with Crippen molar-refractivity contribution in [2.75, 3.05) is 11.9 Å². The minimum absolute atomic E-state index is 0.389. The van der Waals surface area contributed by atoms with Gasteiger partial charge in [0, 0.05) is 16.9 Å². The van der Waals surface area contributed by atoms with Crippen LogP contribution in [-0.2, 0) is 0 Å². The number of benzene rings is 2. The molecule has 0 bridgehead atoms. The highest BCUT2D eigenvalue weighted by molar-refractivity contribution is 7.80. The maximum Gasteiger partial charge on any atom is 0.119 e. The van der Waals surface area contributed by atoms with Crippen molar-refractivity contribution in [1.82, 2.24) is 0 Å². The van der Waals surface area contributed by atoms with Crippen LogP contribution in [0.4, 0.5) is 11.4 Å². The molecule has 0 aliphatic heterocycles. The van der Waals surface area contributed by atoms with Gasteiger partial charge in [-0.05, 0) is 55.3 Å². The molecule has 0 saturated heterocycles. The Labute approximate surface area is 131 Å². The van der Waals surface area contributed by atoms with Crippen LogP contribution in [0.3, 0.4) is 0 Å². The van der Waals surface area contributed by atoms with Crippen LogP contribution < -0.4 is 15.8 Å². The summed E-state index contributed by atoms with van der Waals surface area (Å²) in [5.74, 6) is 0.876. The van der Waals surface area contributed by atoms with Crippen molar-refractivity contribution in [2.24, 2.45) is 5.73 Å². The number of hydrogen-bond donors (Lipinski definition) is 2. The molecule has 4 heteroatoms. The molecule has 0 amide bonds. The molecule has 0 aliphatic rings. The van der Waals surface area contributed by atoms with Crippen molar-refractivity contribution >= 4 is 28.6 Å². The second-order valence-electron chi connectivity index (χ2n) is 4.91. The zero-order chi connectivity index (χ0) is 15.2. The molecule has 2 aromatic carbocycles. The fourth-order valence-corrected chi connectivity index (χ4v) is 2.16. The number of nitrogens with two attached hydrogens (primary N) is 1. The number of nitrogens with one attached hydrogen (secondary N) is 1. The van der Waals surface area contributed by atoms with E-state index in [-0.39, 0.29) is 0 Å². The number of rotatable bonds is 6. The Morgan fingerprint density at radius 3 is 2.52 bits per heavy atom. The van der Waals surface area contributed by atoms with E-state index in [1.54, 1.807) is 0 Å². The van der Waals surface area contributed by atoms with E-state index in [9.17, 15) is 0 Å². The minimum Gasteiger partial charge on any atom is -0.494 e. The second-order valence-corrected chi connectivity index (χ2v) is 5.35. The number of ether oxygens (including phenoxy) is 1. The predicted octanol–water partition coefficient (Wildman–Crippen LogP) is 4.16. The first kappa shape index (κ1) is 15.3. The third kappa shape index (κ3) is 4.20. The summed E-state index contributed by atoms with van der Waals surface area (Å²) in [5.41, 5.74) is 9.67. The largest absolute Gasteiger partial charge is 0.494 e. The number of thiocarbonyl (C=S) groups is 1. The summed E-state index contributed by atoms with van der Waals surface area (Å²) in [7, 11) is 0. The summed E-state index contributed by atoms with van der Waals surface area (Å²) in [6.07, 6.45) is 1.00. The zero-order valence-electron chi connectivity index (χ0n) is 12.3. The SMILES string of the molecule is CCCOc1ccc(Nc2cc(C)ccc2C(N)=S)cc1. The maximum absolute atomic E-state index is 5.77. The Morgan fingerprint density at radius 1 is 1.19 bits per heavy atom. The predicted molar refractivity (Wildman–Crippen MR) is 92.6 cm³/mol. The Morgan fingerprint density at radius 2 is 1.90 bits per heavy atom. The quantitative estimate of drug-likeness (QED) is 0.786. The van der Waals surface area contributed by atoms with Gasteiger partial charge in [-0.3, -0.25) is 0 Å². The molecule has 2 aromatic rings. The van der Waals surface area contributed by atoms with Crippen LogP contribution in [0.5, 0.6) is 5.75 Å². The average Bonchev–Trinajstić information content (AvgIpc) is 2.46. The Hall–Kier alpha value is -2.07. The molecule has 0 saturated carbocycles. The topological polar surface area (TPSA) is 47.3 Å².